The van der Waals surface area contributed by atoms with Crippen LogP contribution in [-0.2, 0) is 6.61 Å². The van der Waals surface area contributed by atoms with Gasteiger partial charge in [-0.3, -0.25) is 4.79 Å². The van der Waals surface area contributed by atoms with Crippen molar-refractivity contribution in [2.24, 2.45) is 0 Å². The Morgan fingerprint density at radius 1 is 1.03 bits per heavy atom. The molecule has 1 saturated carbocycles. The zero-order valence-corrected chi connectivity index (χ0v) is 21.3. The molecule has 0 bridgehead atoms. The summed E-state index contributed by atoms with van der Waals surface area (Å²) in [5.74, 6) is 0.443. The molecule has 2 aromatic carbocycles. The second-order valence-corrected chi connectivity index (χ2v) is 10.1. The first-order valence-corrected chi connectivity index (χ1v) is 12.9. The van der Waals surface area contributed by atoms with Gasteiger partial charge in [0.15, 0.2) is 0 Å². The number of thiazole rings is 1. The number of amides is 3. The lowest BCUT2D eigenvalue weighted by Crippen LogP contribution is -2.54. The van der Waals surface area contributed by atoms with E-state index < -0.39 is 0 Å². The summed E-state index contributed by atoms with van der Waals surface area (Å²) in [6, 6.07) is 12.4. The molecule has 1 heterocycles. The lowest BCUT2D eigenvalue weighted by atomic mass is 9.90. The molecule has 0 radical (unpaired) electrons. The van der Waals surface area contributed by atoms with E-state index in [0.717, 1.165) is 42.5 Å². The summed E-state index contributed by atoms with van der Waals surface area (Å²) in [4.78, 5) is 30.1. The second-order valence-electron chi connectivity index (χ2n) is 8.71. The van der Waals surface area contributed by atoms with Crippen LogP contribution in [0.15, 0.2) is 47.8 Å². The minimum absolute atomic E-state index is 0.150. The van der Waals surface area contributed by atoms with Gasteiger partial charge in [0.25, 0.3) is 5.91 Å². The predicted molar refractivity (Wildman–Crippen MR) is 139 cm³/mol. The molecule has 1 aromatic heterocycles. The molecule has 35 heavy (non-hydrogen) atoms. The van der Waals surface area contributed by atoms with Gasteiger partial charge >= 0.3 is 6.03 Å². The first-order valence-electron chi connectivity index (χ1n) is 11.7. The van der Waals surface area contributed by atoms with Gasteiger partial charge in [-0.2, -0.15) is 0 Å². The van der Waals surface area contributed by atoms with Crippen molar-refractivity contribution in [1.82, 2.24) is 15.6 Å². The zero-order chi connectivity index (χ0) is 24.8. The fourth-order valence-electron chi connectivity index (χ4n) is 4.21. The standard InChI is InChI=1S/C26H29ClN4O3S/c1-16-6-5-7-17(2)24(16)31-26(33)30-21-9-4-3-8-20(21)29-25(32)22-15-35-23(28-22)14-34-19-12-10-18(27)11-13-19/h5-7,10-13,15,20-21H,3-4,8-9,14H2,1-2H3,(H,29,32)(H2,30,31,33)/t20-,21+/m1/s1. The minimum atomic E-state index is -0.260. The molecule has 7 nitrogen and oxygen atoms in total. The lowest BCUT2D eigenvalue weighted by molar-refractivity contribution is 0.0911. The van der Waals surface area contributed by atoms with Crippen LogP contribution >= 0.6 is 22.9 Å². The minimum Gasteiger partial charge on any atom is -0.486 e. The molecule has 1 aliphatic rings. The van der Waals surface area contributed by atoms with Crippen molar-refractivity contribution in [3.8, 4) is 5.75 Å². The molecule has 3 amide bonds. The molecule has 1 fully saturated rings. The number of ether oxygens (including phenoxy) is 1. The van der Waals surface area contributed by atoms with Gasteiger partial charge in [-0.25, -0.2) is 9.78 Å². The number of anilines is 1. The van der Waals surface area contributed by atoms with Gasteiger partial charge < -0.3 is 20.7 Å². The SMILES string of the molecule is Cc1cccc(C)c1NC(=O)N[C@H]1CCCC[C@H]1NC(=O)c1csc(COc2ccc(Cl)cc2)n1. The van der Waals surface area contributed by atoms with Gasteiger partial charge in [-0.15, -0.1) is 11.3 Å². The number of aromatic nitrogens is 1. The summed E-state index contributed by atoms with van der Waals surface area (Å²) in [6.07, 6.45) is 3.61. The van der Waals surface area contributed by atoms with Crippen molar-refractivity contribution in [2.75, 3.05) is 5.32 Å². The Hall–Kier alpha value is -3.10. The zero-order valence-electron chi connectivity index (χ0n) is 19.8. The van der Waals surface area contributed by atoms with E-state index in [-0.39, 0.29) is 30.6 Å². The molecule has 0 saturated heterocycles. The normalized spacial score (nSPS) is 17.5. The largest absolute Gasteiger partial charge is 0.486 e. The molecule has 2 atom stereocenters. The van der Waals surface area contributed by atoms with Gasteiger partial charge in [0.05, 0.1) is 6.04 Å². The van der Waals surface area contributed by atoms with Crippen LogP contribution in [-0.4, -0.2) is 29.0 Å². The van der Waals surface area contributed by atoms with Crippen LogP contribution in [0.25, 0.3) is 0 Å². The van der Waals surface area contributed by atoms with Crippen LogP contribution in [0.2, 0.25) is 5.02 Å². The number of hydrogen-bond acceptors (Lipinski definition) is 5. The Bertz CT molecular complexity index is 1160. The maximum absolute atomic E-state index is 12.9. The maximum Gasteiger partial charge on any atom is 0.319 e. The summed E-state index contributed by atoms with van der Waals surface area (Å²) in [6.45, 7) is 4.20. The van der Waals surface area contributed by atoms with E-state index >= 15 is 0 Å². The van der Waals surface area contributed by atoms with Crippen molar-refractivity contribution in [3.63, 3.8) is 0 Å². The smallest absolute Gasteiger partial charge is 0.319 e. The highest BCUT2D eigenvalue weighted by Gasteiger charge is 2.29. The summed E-state index contributed by atoms with van der Waals surface area (Å²) >= 11 is 7.27. The number of carbonyl (C=O) groups excluding carboxylic acids is 2. The van der Waals surface area contributed by atoms with Gasteiger partial charge in [0, 0.05) is 22.1 Å². The van der Waals surface area contributed by atoms with Crippen LogP contribution in [0.3, 0.4) is 0 Å². The number of para-hydroxylation sites is 1. The Labute approximate surface area is 214 Å². The average molecular weight is 513 g/mol. The summed E-state index contributed by atoms with van der Waals surface area (Å²) < 4.78 is 5.72. The molecule has 1 aliphatic carbocycles. The van der Waals surface area contributed by atoms with Crippen LogP contribution in [0.4, 0.5) is 10.5 Å². The highest BCUT2D eigenvalue weighted by molar-refractivity contribution is 7.09. The van der Waals surface area contributed by atoms with Crippen LogP contribution in [0.1, 0.15) is 52.3 Å². The molecule has 184 valence electrons. The molecule has 9 heteroatoms. The summed E-state index contributed by atoms with van der Waals surface area (Å²) in [5, 5.41) is 12.2. The Morgan fingerprint density at radius 2 is 1.69 bits per heavy atom. The predicted octanol–water partition coefficient (Wildman–Crippen LogP) is 5.86. The number of aryl methyl sites for hydroxylation is 2. The molecule has 3 N–H and O–H groups in total. The first-order chi connectivity index (χ1) is 16.9. The molecule has 0 aliphatic heterocycles. The van der Waals surface area contributed by atoms with Gasteiger partial charge in [0.1, 0.15) is 23.1 Å². The number of halogens is 1. The van der Waals surface area contributed by atoms with E-state index in [2.05, 4.69) is 20.9 Å². The topological polar surface area (TPSA) is 92.4 Å². The number of nitrogens with zero attached hydrogens (tertiary/aromatic N) is 1. The van der Waals surface area contributed by atoms with Gasteiger partial charge in [0.2, 0.25) is 0 Å². The third-order valence-electron chi connectivity index (χ3n) is 6.08. The fraction of sp³-hybridized carbons (Fsp3) is 0.346. The second kappa shape index (κ2) is 11.6. The van der Waals surface area contributed by atoms with Crippen LogP contribution in [0, 0.1) is 13.8 Å². The van der Waals surface area contributed by atoms with Crippen LogP contribution < -0.4 is 20.7 Å². The van der Waals surface area contributed by atoms with E-state index in [1.54, 1.807) is 29.6 Å². The third kappa shape index (κ3) is 6.74. The van der Waals surface area contributed by atoms with E-state index in [9.17, 15) is 9.59 Å². The van der Waals surface area contributed by atoms with Gasteiger partial charge in [-0.1, -0.05) is 42.6 Å². The highest BCUT2D eigenvalue weighted by atomic mass is 35.5. The molecular weight excluding hydrogens is 484 g/mol. The molecule has 0 unspecified atom stereocenters. The monoisotopic (exact) mass is 512 g/mol. The van der Waals surface area contributed by atoms with Crippen molar-refractivity contribution < 1.29 is 14.3 Å². The van der Waals surface area contributed by atoms with E-state index in [4.69, 9.17) is 16.3 Å². The maximum atomic E-state index is 12.9. The van der Waals surface area contributed by atoms with E-state index in [1.807, 2.05) is 32.0 Å². The number of rotatable bonds is 7. The summed E-state index contributed by atoms with van der Waals surface area (Å²) in [5.41, 5.74) is 3.19. The summed E-state index contributed by atoms with van der Waals surface area (Å²) in [7, 11) is 0. The van der Waals surface area contributed by atoms with E-state index in [1.165, 1.54) is 11.3 Å². The number of hydrogen-bond donors (Lipinski definition) is 3. The lowest BCUT2D eigenvalue weighted by Gasteiger charge is -2.32. The van der Waals surface area contributed by atoms with Crippen molar-refractivity contribution in [1.29, 1.82) is 0 Å². The van der Waals surface area contributed by atoms with Crippen molar-refractivity contribution in [2.45, 2.75) is 58.2 Å². The Balaban J connectivity index is 1.32. The number of urea groups is 1. The highest BCUT2D eigenvalue weighted by Crippen LogP contribution is 2.22. The number of carbonyl (C=O) groups is 2. The van der Waals surface area contributed by atoms with Crippen molar-refractivity contribution >= 4 is 40.6 Å². The average Bonchev–Trinajstić information content (AvgIpc) is 3.32. The fourth-order valence-corrected chi connectivity index (χ4v) is 5.02. The number of benzene rings is 2. The molecule has 0 spiro atoms. The first kappa shape index (κ1) is 25.0. The van der Waals surface area contributed by atoms with Crippen LogP contribution in [0.5, 0.6) is 5.75 Å². The van der Waals surface area contributed by atoms with E-state index in [0.29, 0.717) is 21.5 Å². The quantitative estimate of drug-likeness (QED) is 0.370. The Morgan fingerprint density at radius 3 is 2.37 bits per heavy atom. The third-order valence-corrected chi connectivity index (χ3v) is 7.15. The molecule has 4 rings (SSSR count). The molecular formula is C26H29ClN4O3S. The number of nitrogens with one attached hydrogen (secondary N) is 3. The Kier molecular flexibility index (Phi) is 8.25. The molecule has 3 aromatic rings. The van der Waals surface area contributed by atoms with Gasteiger partial charge in [-0.05, 0) is 62.1 Å². The van der Waals surface area contributed by atoms with Crippen molar-refractivity contribution in [3.05, 3.63) is 74.7 Å².